The highest BCUT2D eigenvalue weighted by Crippen LogP contribution is 2.06. The second-order valence-corrected chi connectivity index (χ2v) is 2.20. The zero-order valence-corrected chi connectivity index (χ0v) is 5.86. The summed E-state index contributed by atoms with van der Waals surface area (Å²) in [5, 5.41) is 7.41. The van der Waals surface area contributed by atoms with Gasteiger partial charge in [-0.15, -0.1) is 5.10 Å². The lowest BCUT2D eigenvalue weighted by molar-refractivity contribution is 0.913. The molecule has 50 valence electrons. The maximum absolute atomic E-state index is 4.00. The molecular weight excluding hydrogens is 148 g/mol. The lowest BCUT2D eigenvalue weighted by Crippen LogP contribution is -1.80. The first-order valence-electron chi connectivity index (χ1n) is 2.73. The van der Waals surface area contributed by atoms with Crippen LogP contribution in [0.15, 0.2) is 18.3 Å². The van der Waals surface area contributed by atoms with Crippen LogP contribution in [-0.4, -0.2) is 19.4 Å². The van der Waals surface area contributed by atoms with Gasteiger partial charge in [-0.05, 0) is 24.9 Å². The fourth-order valence-corrected chi connectivity index (χ4v) is 0.951. The Bertz CT molecular complexity index is 355. The molecule has 0 atom stereocenters. The minimum Gasteiger partial charge on any atom is -0.234 e. The van der Waals surface area contributed by atoms with Gasteiger partial charge in [0.2, 0.25) is 5.65 Å². The van der Waals surface area contributed by atoms with Gasteiger partial charge in [0.1, 0.15) is 5.52 Å². The van der Waals surface area contributed by atoms with Crippen LogP contribution in [0.1, 0.15) is 0 Å². The van der Waals surface area contributed by atoms with E-state index in [9.17, 15) is 0 Å². The van der Waals surface area contributed by atoms with Gasteiger partial charge < -0.3 is 0 Å². The van der Waals surface area contributed by atoms with Crippen molar-refractivity contribution in [1.82, 2.24) is 19.4 Å². The number of thiol groups is 1. The van der Waals surface area contributed by atoms with Crippen LogP contribution in [0.5, 0.6) is 0 Å². The number of pyridine rings is 1. The molecule has 0 N–H and O–H groups in total. The van der Waals surface area contributed by atoms with E-state index < -0.39 is 0 Å². The molecule has 0 aliphatic rings. The summed E-state index contributed by atoms with van der Waals surface area (Å²) < 4.78 is 1.39. The van der Waals surface area contributed by atoms with E-state index >= 15 is 0 Å². The molecule has 0 aliphatic carbocycles. The number of rotatable bonds is 0. The van der Waals surface area contributed by atoms with Crippen LogP contribution in [-0.2, 0) is 0 Å². The summed E-state index contributed by atoms with van der Waals surface area (Å²) in [5.41, 5.74) is 1.45. The second-order valence-electron chi connectivity index (χ2n) is 1.83. The van der Waals surface area contributed by atoms with E-state index in [1.807, 2.05) is 12.1 Å². The van der Waals surface area contributed by atoms with Gasteiger partial charge in [-0.25, -0.2) is 4.98 Å². The molecule has 0 saturated heterocycles. The molecule has 5 heteroatoms. The van der Waals surface area contributed by atoms with E-state index in [0.717, 1.165) is 5.52 Å². The van der Waals surface area contributed by atoms with Crippen LogP contribution < -0.4 is 0 Å². The SMILES string of the molecule is Sn1nnc2ncccc21. The predicted molar refractivity (Wildman–Crippen MR) is 39.7 cm³/mol. The van der Waals surface area contributed by atoms with Gasteiger partial charge in [0.25, 0.3) is 0 Å². The molecule has 0 saturated carbocycles. The van der Waals surface area contributed by atoms with Crippen LogP contribution in [0.3, 0.4) is 0 Å². The first kappa shape index (κ1) is 5.67. The largest absolute Gasteiger partial charge is 0.234 e. The smallest absolute Gasteiger partial charge is 0.202 e. The fraction of sp³-hybridized carbons (Fsp3) is 0. The van der Waals surface area contributed by atoms with Crippen LogP contribution in [0, 0.1) is 0 Å². The van der Waals surface area contributed by atoms with E-state index in [0.29, 0.717) is 5.65 Å². The first-order valence-corrected chi connectivity index (χ1v) is 3.13. The van der Waals surface area contributed by atoms with Crippen molar-refractivity contribution < 1.29 is 0 Å². The van der Waals surface area contributed by atoms with Gasteiger partial charge in [-0.1, -0.05) is 5.21 Å². The molecule has 0 amide bonds. The summed E-state index contributed by atoms with van der Waals surface area (Å²) in [6, 6.07) is 3.67. The molecule has 0 aromatic carbocycles. The second kappa shape index (κ2) is 1.95. The number of hydrogen-bond donors (Lipinski definition) is 1. The Morgan fingerprint density at radius 2 is 2.40 bits per heavy atom. The quantitative estimate of drug-likeness (QED) is 0.560. The lowest BCUT2D eigenvalue weighted by Gasteiger charge is -1.85. The number of aromatic nitrogens is 4. The van der Waals surface area contributed by atoms with E-state index in [1.54, 1.807) is 6.20 Å². The predicted octanol–water partition coefficient (Wildman–Crippen LogP) is 0.519. The van der Waals surface area contributed by atoms with Crippen molar-refractivity contribution in [1.29, 1.82) is 0 Å². The van der Waals surface area contributed by atoms with Crippen LogP contribution in [0.2, 0.25) is 0 Å². The Labute approximate surface area is 62.4 Å². The first-order chi connectivity index (χ1) is 4.88. The highest BCUT2D eigenvalue weighted by atomic mass is 32.1. The molecule has 4 nitrogen and oxygen atoms in total. The van der Waals surface area contributed by atoms with Crippen molar-refractivity contribution in [3.8, 4) is 0 Å². The van der Waals surface area contributed by atoms with Crippen molar-refractivity contribution in [3.05, 3.63) is 18.3 Å². The van der Waals surface area contributed by atoms with Gasteiger partial charge >= 0.3 is 0 Å². The number of nitrogens with zero attached hydrogens (tertiary/aromatic N) is 4. The van der Waals surface area contributed by atoms with Gasteiger partial charge in [0, 0.05) is 6.20 Å². The van der Waals surface area contributed by atoms with Gasteiger partial charge in [-0.3, -0.25) is 0 Å². The average Bonchev–Trinajstić information content (AvgIpc) is 2.34. The number of fused-ring (bicyclic) bond motifs is 1. The molecule has 0 spiro atoms. The monoisotopic (exact) mass is 152 g/mol. The van der Waals surface area contributed by atoms with Gasteiger partial charge in [0.15, 0.2) is 0 Å². The number of hydrogen-bond acceptors (Lipinski definition) is 4. The topological polar surface area (TPSA) is 43.6 Å². The van der Waals surface area contributed by atoms with E-state index in [2.05, 4.69) is 28.1 Å². The minimum absolute atomic E-state index is 0.623. The van der Waals surface area contributed by atoms with Crippen LogP contribution >= 0.6 is 12.8 Å². The maximum atomic E-state index is 4.00. The van der Waals surface area contributed by atoms with Gasteiger partial charge in [0.05, 0.1) is 0 Å². The standard InChI is InChI=1S/C5H4N4S/c10-9-4-2-1-3-6-5(4)7-8-9/h1-3,10H. The summed E-state index contributed by atoms with van der Waals surface area (Å²) in [7, 11) is 0. The summed E-state index contributed by atoms with van der Waals surface area (Å²) in [4.78, 5) is 3.96. The molecule has 10 heavy (non-hydrogen) atoms. The Balaban J connectivity index is 2.93. The molecule has 2 aromatic rings. The molecule has 2 rings (SSSR count). The van der Waals surface area contributed by atoms with Gasteiger partial charge in [-0.2, -0.15) is 4.09 Å². The molecule has 0 bridgehead atoms. The maximum Gasteiger partial charge on any atom is 0.202 e. The van der Waals surface area contributed by atoms with Crippen molar-refractivity contribution in [2.75, 3.05) is 0 Å². The zero-order chi connectivity index (χ0) is 6.97. The third-order valence-electron chi connectivity index (χ3n) is 1.21. The minimum atomic E-state index is 0.623. The van der Waals surface area contributed by atoms with E-state index in [4.69, 9.17) is 0 Å². The summed E-state index contributed by atoms with van der Waals surface area (Å²) in [6.45, 7) is 0. The Morgan fingerprint density at radius 1 is 1.50 bits per heavy atom. The Hall–Kier alpha value is -1.10. The fourth-order valence-electron chi connectivity index (χ4n) is 0.755. The van der Waals surface area contributed by atoms with Crippen LogP contribution in [0.4, 0.5) is 0 Å². The zero-order valence-electron chi connectivity index (χ0n) is 4.97. The molecule has 0 radical (unpaired) electrons. The Kier molecular flexibility index (Phi) is 1.10. The van der Waals surface area contributed by atoms with E-state index in [1.165, 1.54) is 4.09 Å². The Morgan fingerprint density at radius 3 is 3.20 bits per heavy atom. The third-order valence-corrected chi connectivity index (χ3v) is 1.50. The molecule has 2 heterocycles. The van der Waals surface area contributed by atoms with Crippen molar-refractivity contribution >= 4 is 24.0 Å². The third kappa shape index (κ3) is 0.672. The molecular formula is C5H4N4S. The van der Waals surface area contributed by atoms with Crippen molar-refractivity contribution in [2.45, 2.75) is 0 Å². The highest BCUT2D eigenvalue weighted by molar-refractivity contribution is 7.78. The highest BCUT2D eigenvalue weighted by Gasteiger charge is 1.98. The van der Waals surface area contributed by atoms with E-state index in [-0.39, 0.29) is 0 Å². The average molecular weight is 152 g/mol. The summed E-state index contributed by atoms with van der Waals surface area (Å²) >= 11 is 4.00. The molecule has 0 aliphatic heterocycles. The molecule has 2 aromatic heterocycles. The normalized spacial score (nSPS) is 10.5. The van der Waals surface area contributed by atoms with Crippen molar-refractivity contribution in [3.63, 3.8) is 0 Å². The summed E-state index contributed by atoms with van der Waals surface area (Å²) in [5.74, 6) is 0. The molecule has 0 fully saturated rings. The van der Waals surface area contributed by atoms with Crippen LogP contribution in [0.25, 0.3) is 11.2 Å². The van der Waals surface area contributed by atoms with Crippen molar-refractivity contribution in [2.24, 2.45) is 0 Å². The lowest BCUT2D eigenvalue weighted by atomic mass is 10.4. The summed E-state index contributed by atoms with van der Waals surface area (Å²) in [6.07, 6.45) is 1.67. The molecule has 0 unspecified atom stereocenters.